The quantitative estimate of drug-likeness (QED) is 0.697. The summed E-state index contributed by atoms with van der Waals surface area (Å²) in [5, 5.41) is 0. The molecule has 90 valence electrons. The van der Waals surface area contributed by atoms with Gasteiger partial charge in [-0.05, 0) is 12.1 Å². The van der Waals surface area contributed by atoms with E-state index in [0.29, 0.717) is 0 Å². The Hall–Kier alpha value is -1.25. The minimum absolute atomic E-state index is 0.0224. The van der Waals surface area contributed by atoms with Crippen molar-refractivity contribution in [3.8, 4) is 0 Å². The molecule has 0 aliphatic heterocycles. The molecule has 0 spiro atoms. The lowest BCUT2D eigenvalue weighted by Crippen LogP contribution is -2.34. The second kappa shape index (κ2) is 5.19. The summed E-state index contributed by atoms with van der Waals surface area (Å²) in [6.07, 6.45) is 0. The van der Waals surface area contributed by atoms with Crippen LogP contribution >= 0.6 is 0 Å². The third kappa shape index (κ3) is 3.40. The SMILES string of the molecule is NCCNS(=O)(=O)Nc1c(F)cccc1F. The lowest BCUT2D eigenvalue weighted by molar-refractivity contribution is 0.576. The van der Waals surface area contributed by atoms with E-state index in [4.69, 9.17) is 5.73 Å². The summed E-state index contributed by atoms with van der Waals surface area (Å²) in [4.78, 5) is 0. The van der Waals surface area contributed by atoms with Gasteiger partial charge in [-0.25, -0.2) is 8.78 Å². The van der Waals surface area contributed by atoms with Gasteiger partial charge in [0.2, 0.25) is 0 Å². The Morgan fingerprint density at radius 1 is 1.25 bits per heavy atom. The third-order valence-corrected chi connectivity index (χ3v) is 2.69. The van der Waals surface area contributed by atoms with Gasteiger partial charge in [0.05, 0.1) is 0 Å². The van der Waals surface area contributed by atoms with Crippen molar-refractivity contribution in [2.75, 3.05) is 17.8 Å². The van der Waals surface area contributed by atoms with Crippen LogP contribution in [0.4, 0.5) is 14.5 Å². The van der Waals surface area contributed by atoms with Gasteiger partial charge in [0.25, 0.3) is 10.2 Å². The molecule has 5 nitrogen and oxygen atoms in total. The molecule has 1 aromatic rings. The topological polar surface area (TPSA) is 84.2 Å². The minimum atomic E-state index is -4.00. The van der Waals surface area contributed by atoms with Crippen molar-refractivity contribution in [3.05, 3.63) is 29.8 Å². The molecule has 4 N–H and O–H groups in total. The minimum Gasteiger partial charge on any atom is -0.329 e. The number of anilines is 1. The van der Waals surface area contributed by atoms with Gasteiger partial charge in [-0.3, -0.25) is 4.72 Å². The van der Waals surface area contributed by atoms with Crippen LogP contribution in [-0.2, 0) is 10.2 Å². The lowest BCUT2D eigenvalue weighted by Gasteiger charge is -2.09. The highest BCUT2D eigenvalue weighted by atomic mass is 32.2. The van der Waals surface area contributed by atoms with Crippen molar-refractivity contribution < 1.29 is 17.2 Å². The number of para-hydroxylation sites is 1. The van der Waals surface area contributed by atoms with Gasteiger partial charge in [-0.15, -0.1) is 0 Å². The summed E-state index contributed by atoms with van der Waals surface area (Å²) < 4.78 is 52.4. The number of benzene rings is 1. The van der Waals surface area contributed by atoms with Crippen LogP contribution < -0.4 is 15.2 Å². The Balaban J connectivity index is 2.88. The van der Waals surface area contributed by atoms with E-state index in [1.54, 1.807) is 4.72 Å². The first-order valence-electron chi connectivity index (χ1n) is 4.38. The highest BCUT2D eigenvalue weighted by Crippen LogP contribution is 2.18. The normalized spacial score (nSPS) is 11.4. The molecule has 0 radical (unpaired) electrons. The number of nitrogens with two attached hydrogens (primary N) is 1. The molecule has 16 heavy (non-hydrogen) atoms. The van der Waals surface area contributed by atoms with E-state index in [2.05, 4.69) is 0 Å². The average Bonchev–Trinajstić information content (AvgIpc) is 2.21. The Bertz CT molecular complexity index is 444. The molecule has 0 heterocycles. The van der Waals surface area contributed by atoms with Crippen LogP contribution in [0, 0.1) is 11.6 Å². The molecule has 0 atom stereocenters. The fourth-order valence-electron chi connectivity index (χ4n) is 0.959. The number of hydrogen-bond acceptors (Lipinski definition) is 3. The van der Waals surface area contributed by atoms with E-state index in [-0.39, 0.29) is 13.1 Å². The smallest absolute Gasteiger partial charge is 0.299 e. The van der Waals surface area contributed by atoms with E-state index in [1.807, 2.05) is 4.72 Å². The molecule has 0 unspecified atom stereocenters. The average molecular weight is 251 g/mol. The van der Waals surface area contributed by atoms with E-state index < -0.39 is 27.5 Å². The monoisotopic (exact) mass is 251 g/mol. The zero-order chi connectivity index (χ0) is 12.2. The summed E-state index contributed by atoms with van der Waals surface area (Å²) in [5.74, 6) is -1.98. The van der Waals surface area contributed by atoms with Gasteiger partial charge in [0, 0.05) is 13.1 Å². The molecule has 0 aliphatic rings. The Kier molecular flexibility index (Phi) is 4.16. The molecule has 1 rings (SSSR count). The Morgan fingerprint density at radius 3 is 2.31 bits per heavy atom. The van der Waals surface area contributed by atoms with Gasteiger partial charge in [0.15, 0.2) is 0 Å². The first kappa shape index (κ1) is 12.8. The Morgan fingerprint density at radius 2 is 1.81 bits per heavy atom. The molecule has 0 aliphatic carbocycles. The highest BCUT2D eigenvalue weighted by Gasteiger charge is 2.15. The van der Waals surface area contributed by atoms with Crippen molar-refractivity contribution in [1.29, 1.82) is 0 Å². The maximum Gasteiger partial charge on any atom is 0.299 e. The fraction of sp³-hybridized carbons (Fsp3) is 0.250. The summed E-state index contributed by atoms with van der Waals surface area (Å²) >= 11 is 0. The predicted molar refractivity (Wildman–Crippen MR) is 56.0 cm³/mol. The summed E-state index contributed by atoms with van der Waals surface area (Å²) in [6.45, 7) is 0.0616. The van der Waals surface area contributed by atoms with Gasteiger partial charge >= 0.3 is 0 Å². The van der Waals surface area contributed by atoms with Crippen LogP contribution in [0.25, 0.3) is 0 Å². The van der Waals surface area contributed by atoms with Gasteiger partial charge in [0.1, 0.15) is 17.3 Å². The van der Waals surface area contributed by atoms with Crippen LogP contribution in [0.15, 0.2) is 18.2 Å². The summed E-state index contributed by atoms with van der Waals surface area (Å²) in [5.41, 5.74) is 4.37. The van der Waals surface area contributed by atoms with E-state index in [0.717, 1.165) is 18.2 Å². The maximum absolute atomic E-state index is 13.1. The van der Waals surface area contributed by atoms with Gasteiger partial charge in [-0.1, -0.05) is 6.07 Å². The molecule has 0 fully saturated rings. The molecule has 1 aromatic carbocycles. The zero-order valence-corrected chi connectivity index (χ0v) is 9.02. The molecule has 0 amide bonds. The van der Waals surface area contributed by atoms with Crippen molar-refractivity contribution in [2.24, 2.45) is 5.73 Å². The molecule has 0 bridgehead atoms. The lowest BCUT2D eigenvalue weighted by atomic mass is 10.3. The van der Waals surface area contributed by atoms with E-state index in [1.165, 1.54) is 0 Å². The summed E-state index contributed by atoms with van der Waals surface area (Å²) in [6, 6.07) is 3.03. The van der Waals surface area contributed by atoms with Crippen LogP contribution in [0.5, 0.6) is 0 Å². The number of nitrogens with one attached hydrogen (secondary N) is 2. The second-order valence-electron chi connectivity index (χ2n) is 2.89. The maximum atomic E-state index is 13.1. The van der Waals surface area contributed by atoms with Crippen molar-refractivity contribution in [1.82, 2.24) is 4.72 Å². The number of rotatable bonds is 5. The van der Waals surface area contributed by atoms with Crippen LogP contribution in [-0.4, -0.2) is 21.5 Å². The van der Waals surface area contributed by atoms with Crippen LogP contribution in [0.2, 0.25) is 0 Å². The molecular formula is C8H11F2N3O2S. The van der Waals surface area contributed by atoms with Crippen LogP contribution in [0.3, 0.4) is 0 Å². The van der Waals surface area contributed by atoms with E-state index in [9.17, 15) is 17.2 Å². The fourth-order valence-corrected chi connectivity index (χ4v) is 1.88. The molecule has 0 saturated heterocycles. The molecule has 0 saturated carbocycles. The third-order valence-electron chi connectivity index (χ3n) is 1.64. The molecule has 0 aromatic heterocycles. The first-order valence-corrected chi connectivity index (χ1v) is 5.86. The largest absolute Gasteiger partial charge is 0.329 e. The van der Waals surface area contributed by atoms with Crippen molar-refractivity contribution in [3.63, 3.8) is 0 Å². The predicted octanol–water partition coefficient (Wildman–Crippen LogP) is 0.170. The first-order chi connectivity index (χ1) is 7.46. The van der Waals surface area contributed by atoms with E-state index >= 15 is 0 Å². The zero-order valence-electron chi connectivity index (χ0n) is 8.20. The van der Waals surface area contributed by atoms with Crippen molar-refractivity contribution in [2.45, 2.75) is 0 Å². The molecule has 8 heteroatoms. The van der Waals surface area contributed by atoms with Gasteiger partial charge in [-0.2, -0.15) is 13.1 Å². The van der Waals surface area contributed by atoms with Crippen molar-refractivity contribution >= 4 is 15.9 Å². The molecular weight excluding hydrogens is 240 g/mol. The van der Waals surface area contributed by atoms with Crippen LogP contribution in [0.1, 0.15) is 0 Å². The van der Waals surface area contributed by atoms with Gasteiger partial charge < -0.3 is 5.73 Å². The number of halogens is 2. The standard InChI is InChI=1S/C8H11F2N3O2S/c9-6-2-1-3-7(10)8(6)13-16(14,15)12-5-4-11/h1-3,12-13H,4-5,11H2. The highest BCUT2D eigenvalue weighted by molar-refractivity contribution is 7.90. The second-order valence-corrected chi connectivity index (χ2v) is 4.38. The Labute approximate surface area is 91.8 Å². The number of hydrogen-bond donors (Lipinski definition) is 3. The summed E-state index contributed by atoms with van der Waals surface area (Å²) in [7, 11) is -4.00.